The van der Waals surface area contributed by atoms with E-state index < -0.39 is 5.91 Å². The zero-order valence-corrected chi connectivity index (χ0v) is 8.40. The molecule has 0 radical (unpaired) electrons. The molecule has 5 heteroatoms. The summed E-state index contributed by atoms with van der Waals surface area (Å²) in [5.41, 5.74) is 0. The second-order valence-corrected chi connectivity index (χ2v) is 3.04. The lowest BCUT2D eigenvalue weighted by Crippen LogP contribution is -2.20. The fraction of sp³-hybridized carbons (Fsp3) is 0.778. The standard InChI is InChI=1S/C9H16N2O3/c1-2-3-4-5-6-7-9(13)11(14)10-8-12/h14H,2-7H2,1H3. The number of rotatable bonds is 7. The van der Waals surface area contributed by atoms with Crippen LogP contribution in [0.2, 0.25) is 0 Å². The molecule has 0 aromatic carbocycles. The van der Waals surface area contributed by atoms with Crippen LogP contribution >= 0.6 is 0 Å². The maximum Gasteiger partial charge on any atom is 0.269 e. The summed E-state index contributed by atoms with van der Waals surface area (Å²) in [6, 6.07) is 0. The van der Waals surface area contributed by atoms with Gasteiger partial charge in [-0.1, -0.05) is 42.9 Å². The third-order valence-corrected chi connectivity index (χ3v) is 1.85. The molecule has 1 N–H and O–H groups in total. The Bertz CT molecular complexity index is 212. The van der Waals surface area contributed by atoms with Crippen molar-refractivity contribution >= 4 is 12.0 Å². The van der Waals surface area contributed by atoms with E-state index in [2.05, 4.69) is 12.0 Å². The van der Waals surface area contributed by atoms with Gasteiger partial charge in [-0.15, -0.1) is 0 Å². The van der Waals surface area contributed by atoms with Crippen LogP contribution in [0.3, 0.4) is 0 Å². The van der Waals surface area contributed by atoms with Crippen molar-refractivity contribution in [3.05, 3.63) is 0 Å². The zero-order valence-electron chi connectivity index (χ0n) is 8.40. The average Bonchev–Trinajstić information content (AvgIpc) is 2.17. The van der Waals surface area contributed by atoms with E-state index >= 15 is 0 Å². The molecule has 80 valence electrons. The number of carbonyl (C=O) groups is 1. The number of hydrogen-bond acceptors (Lipinski definition) is 4. The molecule has 0 aromatic rings. The van der Waals surface area contributed by atoms with Crippen LogP contribution in [0.5, 0.6) is 0 Å². The molecule has 0 saturated carbocycles. The van der Waals surface area contributed by atoms with Crippen molar-refractivity contribution in [3.8, 4) is 0 Å². The van der Waals surface area contributed by atoms with Gasteiger partial charge >= 0.3 is 0 Å². The first-order valence-electron chi connectivity index (χ1n) is 4.82. The molecule has 0 fully saturated rings. The summed E-state index contributed by atoms with van der Waals surface area (Å²) in [7, 11) is 0. The fourth-order valence-corrected chi connectivity index (χ4v) is 1.07. The SMILES string of the molecule is CCCCCCCC(=O)N(O)N=C=O. The molecule has 0 unspecified atom stereocenters. The number of amides is 1. The third-order valence-electron chi connectivity index (χ3n) is 1.85. The van der Waals surface area contributed by atoms with Gasteiger partial charge in [-0.3, -0.25) is 10.0 Å². The second-order valence-electron chi connectivity index (χ2n) is 3.04. The Balaban J connectivity index is 3.48. The Morgan fingerprint density at radius 1 is 1.36 bits per heavy atom. The molecular formula is C9H16N2O3. The van der Waals surface area contributed by atoms with Gasteiger partial charge in [0.2, 0.25) is 0 Å². The van der Waals surface area contributed by atoms with E-state index in [4.69, 9.17) is 5.21 Å². The van der Waals surface area contributed by atoms with Crippen molar-refractivity contribution in [1.29, 1.82) is 0 Å². The molecule has 1 amide bonds. The van der Waals surface area contributed by atoms with Gasteiger partial charge < -0.3 is 0 Å². The van der Waals surface area contributed by atoms with Crippen molar-refractivity contribution in [2.24, 2.45) is 5.10 Å². The smallest absolute Gasteiger partial charge is 0.269 e. The number of unbranched alkanes of at least 4 members (excludes halogenated alkanes) is 4. The van der Waals surface area contributed by atoms with Crippen molar-refractivity contribution in [2.45, 2.75) is 45.4 Å². The van der Waals surface area contributed by atoms with Crippen molar-refractivity contribution in [2.75, 3.05) is 0 Å². The molecule has 5 nitrogen and oxygen atoms in total. The van der Waals surface area contributed by atoms with Gasteiger partial charge in [0.15, 0.2) is 0 Å². The lowest BCUT2D eigenvalue weighted by molar-refractivity contribution is -0.165. The van der Waals surface area contributed by atoms with Crippen molar-refractivity contribution in [3.63, 3.8) is 0 Å². The lowest BCUT2D eigenvalue weighted by atomic mass is 10.1. The number of carbonyl (C=O) groups excluding carboxylic acids is 2. The minimum atomic E-state index is -0.565. The molecule has 0 bridgehead atoms. The summed E-state index contributed by atoms with van der Waals surface area (Å²) in [4.78, 5) is 20.7. The number of hydroxylamine groups is 1. The van der Waals surface area contributed by atoms with E-state index in [9.17, 15) is 9.59 Å². The molecule has 0 rings (SSSR count). The van der Waals surface area contributed by atoms with E-state index in [-0.39, 0.29) is 11.6 Å². The second kappa shape index (κ2) is 8.41. The Labute approximate surface area is 83.4 Å². The summed E-state index contributed by atoms with van der Waals surface area (Å²) >= 11 is 0. The van der Waals surface area contributed by atoms with Gasteiger partial charge in [-0.05, 0) is 6.42 Å². The molecule has 0 spiro atoms. The van der Waals surface area contributed by atoms with Crippen LogP contribution < -0.4 is 0 Å². The molecule has 0 aliphatic rings. The largest absolute Gasteiger partial charge is 0.270 e. The minimum absolute atomic E-state index is 0.0484. The van der Waals surface area contributed by atoms with Crippen LogP contribution in [0.15, 0.2) is 5.10 Å². The predicted octanol–water partition coefficient (Wildman–Crippen LogP) is 1.82. The van der Waals surface area contributed by atoms with Gasteiger partial charge in [0, 0.05) is 6.42 Å². The molecule has 0 heterocycles. The van der Waals surface area contributed by atoms with Gasteiger partial charge in [-0.2, -0.15) is 0 Å². The number of nitrogens with zero attached hydrogens (tertiary/aromatic N) is 2. The first kappa shape index (κ1) is 12.8. The topological polar surface area (TPSA) is 70.0 Å². The summed E-state index contributed by atoms with van der Waals surface area (Å²) in [6.07, 6.45) is 6.37. The molecule has 0 aromatic heterocycles. The van der Waals surface area contributed by atoms with Gasteiger partial charge in [-0.25, -0.2) is 4.79 Å². The highest BCUT2D eigenvalue weighted by molar-refractivity contribution is 5.74. The van der Waals surface area contributed by atoms with Crippen molar-refractivity contribution in [1.82, 2.24) is 5.17 Å². The molecule has 0 saturated heterocycles. The summed E-state index contributed by atoms with van der Waals surface area (Å²) in [5.74, 6) is -0.565. The average molecular weight is 200 g/mol. The van der Waals surface area contributed by atoms with Gasteiger partial charge in [0.1, 0.15) is 0 Å². The van der Waals surface area contributed by atoms with Crippen LogP contribution in [0.4, 0.5) is 0 Å². The Morgan fingerprint density at radius 2 is 2.00 bits per heavy atom. The first-order valence-corrected chi connectivity index (χ1v) is 4.82. The summed E-state index contributed by atoms with van der Waals surface area (Å²) in [5, 5.41) is 11.6. The van der Waals surface area contributed by atoms with Crippen LogP contribution in [0.25, 0.3) is 0 Å². The fourth-order valence-electron chi connectivity index (χ4n) is 1.07. The lowest BCUT2D eigenvalue weighted by Gasteiger charge is -2.05. The highest BCUT2D eigenvalue weighted by Gasteiger charge is 2.08. The molecule has 0 aliphatic carbocycles. The summed E-state index contributed by atoms with van der Waals surface area (Å²) in [6.45, 7) is 2.11. The molecule has 0 atom stereocenters. The molecular weight excluding hydrogens is 184 g/mol. The minimum Gasteiger partial charge on any atom is -0.270 e. The van der Waals surface area contributed by atoms with Crippen LogP contribution in [-0.2, 0) is 9.59 Å². The predicted molar refractivity (Wildman–Crippen MR) is 50.1 cm³/mol. The van der Waals surface area contributed by atoms with E-state index in [0.29, 0.717) is 6.42 Å². The van der Waals surface area contributed by atoms with E-state index in [1.54, 1.807) is 0 Å². The molecule has 14 heavy (non-hydrogen) atoms. The first-order chi connectivity index (χ1) is 6.72. The van der Waals surface area contributed by atoms with E-state index in [1.807, 2.05) is 0 Å². The maximum atomic E-state index is 11.0. The Morgan fingerprint density at radius 3 is 2.57 bits per heavy atom. The molecule has 0 aliphatic heterocycles. The maximum absolute atomic E-state index is 11.0. The van der Waals surface area contributed by atoms with E-state index in [1.165, 1.54) is 0 Å². The van der Waals surface area contributed by atoms with Crippen LogP contribution in [-0.4, -0.2) is 22.4 Å². The highest BCUT2D eigenvalue weighted by atomic mass is 16.5. The number of hydrazone groups is 1. The van der Waals surface area contributed by atoms with Crippen LogP contribution in [0, 0.1) is 0 Å². The zero-order chi connectivity index (χ0) is 10.8. The normalized spacial score (nSPS) is 9.29. The summed E-state index contributed by atoms with van der Waals surface area (Å²) < 4.78 is 0. The van der Waals surface area contributed by atoms with Crippen LogP contribution in [0.1, 0.15) is 45.4 Å². The number of hydrogen-bond donors (Lipinski definition) is 1. The van der Waals surface area contributed by atoms with Gasteiger partial charge in [0.05, 0.1) is 0 Å². The third kappa shape index (κ3) is 6.34. The monoisotopic (exact) mass is 200 g/mol. The Hall–Kier alpha value is -1.19. The number of isocyanates is 1. The Kier molecular flexibility index (Phi) is 7.70. The van der Waals surface area contributed by atoms with Crippen molar-refractivity contribution < 1.29 is 14.8 Å². The quantitative estimate of drug-likeness (QED) is 0.224. The van der Waals surface area contributed by atoms with E-state index in [0.717, 1.165) is 31.8 Å². The van der Waals surface area contributed by atoms with Gasteiger partial charge in [0.25, 0.3) is 12.0 Å². The highest BCUT2D eigenvalue weighted by Crippen LogP contribution is 2.06.